The average Bonchev–Trinajstić information content (AvgIpc) is 2.82. The van der Waals surface area contributed by atoms with Gasteiger partial charge in [0.1, 0.15) is 5.76 Å². The first-order valence-electron chi connectivity index (χ1n) is 14.3. The van der Waals surface area contributed by atoms with Crippen molar-refractivity contribution in [3.05, 3.63) is 34.5 Å². The van der Waals surface area contributed by atoms with Crippen LogP contribution in [0.15, 0.2) is 23.1 Å². The summed E-state index contributed by atoms with van der Waals surface area (Å²) in [6, 6.07) is 0. The highest BCUT2D eigenvalue weighted by molar-refractivity contribution is 5.96. The molecule has 0 aromatic rings. The lowest BCUT2D eigenvalue weighted by atomic mass is 9.33. The molecule has 0 aliphatic heterocycles. The number of carbonyl (C=O) groups is 2. The van der Waals surface area contributed by atoms with E-state index in [2.05, 4.69) is 39.5 Å². The second-order valence-electron chi connectivity index (χ2n) is 15.3. The van der Waals surface area contributed by atoms with Crippen molar-refractivity contribution in [2.24, 2.45) is 50.2 Å². The van der Waals surface area contributed by atoms with E-state index in [1.165, 1.54) is 7.11 Å². The number of hydrogen-bond acceptors (Lipinski definition) is 5. The van der Waals surface area contributed by atoms with Crippen LogP contribution < -0.4 is 0 Å². The Kier molecular flexibility index (Phi) is 5.75. The van der Waals surface area contributed by atoms with Crippen molar-refractivity contribution in [1.29, 1.82) is 0 Å². The minimum absolute atomic E-state index is 0.0228. The van der Waals surface area contributed by atoms with Gasteiger partial charge < -0.3 is 14.9 Å². The monoisotopic (exact) mass is 523 g/mol. The van der Waals surface area contributed by atoms with Gasteiger partial charge in [-0.3, -0.25) is 9.59 Å². The maximum absolute atomic E-state index is 14.4. The summed E-state index contributed by atoms with van der Waals surface area (Å²) in [5.41, 5.74) is -1.66. The predicted octanol–water partition coefficient (Wildman–Crippen LogP) is 6.41. The normalized spacial score (nSPS) is 46.9. The molecular weight excluding hydrogens is 478 g/mol. The largest absolute Gasteiger partial charge is 0.523 e. The van der Waals surface area contributed by atoms with Gasteiger partial charge in [-0.15, -0.1) is 0 Å². The third-order valence-electron chi connectivity index (χ3n) is 12.6. The molecule has 5 aliphatic carbocycles. The lowest BCUT2D eigenvalue weighted by molar-refractivity contribution is -0.199. The third kappa shape index (κ3) is 3.14. The molecule has 38 heavy (non-hydrogen) atoms. The maximum atomic E-state index is 14.4. The van der Waals surface area contributed by atoms with E-state index >= 15 is 0 Å². The molecule has 0 aromatic carbocycles. The number of rotatable bonds is 1. The number of ether oxygens (including phenoxy) is 1. The molecule has 0 spiro atoms. The minimum atomic E-state index is -0.796. The number of hydrogen-bond donors (Lipinski definition) is 2. The summed E-state index contributed by atoms with van der Waals surface area (Å²) >= 11 is 0. The fourth-order valence-corrected chi connectivity index (χ4v) is 10.7. The van der Waals surface area contributed by atoms with Gasteiger partial charge in [-0.1, -0.05) is 54.0 Å². The van der Waals surface area contributed by atoms with Gasteiger partial charge >= 0.3 is 5.97 Å². The van der Waals surface area contributed by atoms with E-state index in [1.54, 1.807) is 0 Å². The zero-order valence-electron chi connectivity index (χ0n) is 24.4. The number of esters is 1. The van der Waals surface area contributed by atoms with Crippen LogP contribution in [0.5, 0.6) is 0 Å². The summed E-state index contributed by atoms with van der Waals surface area (Å²) in [5, 5.41) is 22.9. The highest BCUT2D eigenvalue weighted by atomic mass is 16.5. The van der Waals surface area contributed by atoms with E-state index in [-0.39, 0.29) is 40.7 Å². The molecule has 0 saturated heterocycles. The van der Waals surface area contributed by atoms with E-state index in [0.29, 0.717) is 31.4 Å². The molecule has 3 fully saturated rings. The minimum Gasteiger partial charge on any atom is -0.523 e. The zero-order chi connectivity index (χ0) is 28.3. The van der Waals surface area contributed by atoms with Gasteiger partial charge in [0.05, 0.1) is 25.2 Å². The zero-order valence-corrected chi connectivity index (χ0v) is 24.4. The summed E-state index contributed by atoms with van der Waals surface area (Å²) in [5.74, 6) is -0.814. The molecule has 0 bridgehead atoms. The number of carbonyl (C=O) groups excluding carboxylic acids is 2. The Morgan fingerprint density at radius 3 is 2.29 bits per heavy atom. The number of fused-ring (bicyclic) bond motifs is 7. The van der Waals surface area contributed by atoms with Crippen LogP contribution >= 0.6 is 0 Å². The van der Waals surface area contributed by atoms with Gasteiger partial charge in [0.15, 0.2) is 5.78 Å². The van der Waals surface area contributed by atoms with E-state index in [0.717, 1.165) is 24.8 Å². The predicted molar refractivity (Wildman–Crippen MR) is 144 cm³/mol. The van der Waals surface area contributed by atoms with Crippen LogP contribution in [-0.4, -0.2) is 35.2 Å². The molecule has 0 radical (unpaired) electrons. The van der Waals surface area contributed by atoms with Gasteiger partial charge in [-0.05, 0) is 78.6 Å². The smallest absolute Gasteiger partial charge is 0.312 e. The van der Waals surface area contributed by atoms with Crippen molar-refractivity contribution in [1.82, 2.24) is 0 Å². The molecule has 208 valence electrons. The lowest BCUT2D eigenvalue weighted by Crippen LogP contribution is -2.67. The topological polar surface area (TPSA) is 88.2 Å². The van der Waals surface area contributed by atoms with Crippen LogP contribution in [0.4, 0.5) is 0 Å². The lowest BCUT2D eigenvalue weighted by Gasteiger charge is -2.70. The fourth-order valence-electron chi connectivity index (χ4n) is 10.7. The number of aliphatic hydroxyl groups is 2. The van der Waals surface area contributed by atoms with E-state index < -0.39 is 33.2 Å². The molecule has 0 heterocycles. The van der Waals surface area contributed by atoms with Gasteiger partial charge in [-0.25, -0.2) is 4.85 Å². The molecule has 5 aliphatic rings. The number of methoxy groups -OCH3 is 1. The van der Waals surface area contributed by atoms with Crippen molar-refractivity contribution in [2.75, 3.05) is 7.11 Å². The summed E-state index contributed by atoms with van der Waals surface area (Å²) in [4.78, 5) is 31.5. The van der Waals surface area contributed by atoms with Crippen LogP contribution in [0, 0.1) is 56.8 Å². The van der Waals surface area contributed by atoms with Gasteiger partial charge in [0.2, 0.25) is 5.70 Å². The first-order chi connectivity index (χ1) is 17.4. The third-order valence-corrected chi connectivity index (χ3v) is 12.6. The number of nitrogens with zero attached hydrogens (tertiary/aromatic N) is 1. The number of allylic oxidation sites excluding steroid dienone is 4. The first kappa shape index (κ1) is 27.4. The molecule has 0 aromatic heterocycles. The first-order valence-corrected chi connectivity index (χ1v) is 14.3. The second kappa shape index (κ2) is 7.96. The summed E-state index contributed by atoms with van der Waals surface area (Å²) in [6.45, 7) is 22.6. The Balaban J connectivity index is 1.71. The summed E-state index contributed by atoms with van der Waals surface area (Å²) in [6.07, 6.45) is 5.79. The second-order valence-corrected chi connectivity index (χ2v) is 15.3. The summed E-state index contributed by atoms with van der Waals surface area (Å²) in [7, 11) is 1.46. The molecule has 6 heteroatoms. The van der Waals surface area contributed by atoms with Crippen molar-refractivity contribution >= 4 is 11.8 Å². The van der Waals surface area contributed by atoms with E-state index in [4.69, 9.17) is 11.3 Å². The molecular formula is C32H45NO5. The highest BCUT2D eigenvalue weighted by Gasteiger charge is 2.72. The Labute approximate surface area is 227 Å². The molecule has 0 unspecified atom stereocenters. The molecule has 5 rings (SSSR count). The quantitative estimate of drug-likeness (QED) is 0.306. The van der Waals surface area contributed by atoms with Crippen molar-refractivity contribution < 1.29 is 24.5 Å². The number of ketones is 1. The highest BCUT2D eigenvalue weighted by Crippen LogP contribution is 2.75. The van der Waals surface area contributed by atoms with Gasteiger partial charge in [0.25, 0.3) is 0 Å². The number of aliphatic hydroxyl groups excluding tert-OH is 2. The van der Waals surface area contributed by atoms with Crippen LogP contribution in [-0.2, 0) is 14.3 Å². The maximum Gasteiger partial charge on any atom is 0.312 e. The molecule has 6 nitrogen and oxygen atoms in total. The Morgan fingerprint density at radius 2 is 1.68 bits per heavy atom. The molecule has 3 saturated carbocycles. The van der Waals surface area contributed by atoms with E-state index in [1.807, 2.05) is 19.9 Å². The van der Waals surface area contributed by atoms with E-state index in [9.17, 15) is 19.8 Å². The standard InChI is InChI=1S/C32H45NO5/c1-27(2)10-12-32(26(37)38-9)13-11-30(6)23(18(32)15-27)20(34)14-22-29(5)16-19(33-8)25(36)28(3,4)24(29)21(35)17-31(22,30)7/h14,18,21,23-24,35-36H,10-13,15-17H2,1-7,9H3/t18-,21+,23-,24-,29+,30+,31+,32-/m0/s1. The Bertz CT molecular complexity index is 1200. The van der Waals surface area contributed by atoms with Crippen LogP contribution in [0.1, 0.15) is 93.4 Å². The Morgan fingerprint density at radius 1 is 1.05 bits per heavy atom. The van der Waals surface area contributed by atoms with Crippen molar-refractivity contribution in [2.45, 2.75) is 99.5 Å². The van der Waals surface area contributed by atoms with Gasteiger partial charge in [0, 0.05) is 17.3 Å². The molecule has 8 atom stereocenters. The van der Waals surface area contributed by atoms with Crippen molar-refractivity contribution in [3.63, 3.8) is 0 Å². The fraction of sp³-hybridized carbons (Fsp3) is 0.781. The van der Waals surface area contributed by atoms with Crippen LogP contribution in [0.2, 0.25) is 0 Å². The molecule has 2 N–H and O–H groups in total. The van der Waals surface area contributed by atoms with Crippen LogP contribution in [0.25, 0.3) is 4.85 Å². The van der Waals surface area contributed by atoms with Crippen LogP contribution in [0.3, 0.4) is 0 Å². The summed E-state index contributed by atoms with van der Waals surface area (Å²) < 4.78 is 5.40. The average molecular weight is 524 g/mol. The molecule has 0 amide bonds. The SMILES string of the molecule is [C-]#[N+]C1=C(O)C(C)(C)[C@@H]2[C@H](O)C[C@]3(C)C(=CC(=O)[C@@H]4[C@@H]5CC(C)(C)CC[C@]5(C(=O)OC)CC[C@]43C)[C@@]2(C)C1. The van der Waals surface area contributed by atoms with Gasteiger partial charge in [-0.2, -0.15) is 0 Å². The Hall–Kier alpha value is -2.13. The van der Waals surface area contributed by atoms with Crippen molar-refractivity contribution in [3.8, 4) is 0 Å².